The number of hydrogen-bond acceptors (Lipinski definition) is 4. The van der Waals surface area contributed by atoms with Crippen LogP contribution in [0, 0.1) is 0 Å². The minimum atomic E-state index is -4.53. The fraction of sp³-hybridized carbons (Fsp3) is 0.294. The predicted octanol–water partition coefficient (Wildman–Crippen LogP) is 3.49. The molecule has 1 aromatic heterocycles. The van der Waals surface area contributed by atoms with Crippen molar-refractivity contribution in [3.8, 4) is 11.5 Å². The number of fused-ring (bicyclic) bond motifs is 1. The van der Waals surface area contributed by atoms with Crippen molar-refractivity contribution < 1.29 is 27.4 Å². The minimum Gasteiger partial charge on any atom is -0.454 e. The van der Waals surface area contributed by atoms with E-state index in [1.807, 2.05) is 6.07 Å². The first-order chi connectivity index (χ1) is 11.9. The molecule has 2 heterocycles. The molecule has 0 spiro atoms. The molecule has 0 aliphatic carbocycles. The van der Waals surface area contributed by atoms with Crippen molar-refractivity contribution in [1.82, 2.24) is 9.88 Å². The molecule has 0 N–H and O–H groups in total. The number of halogens is 3. The molecule has 5 nitrogen and oxygen atoms in total. The summed E-state index contributed by atoms with van der Waals surface area (Å²) in [4.78, 5) is 17.4. The Balaban J connectivity index is 1.75. The topological polar surface area (TPSA) is 51.7 Å². The number of nitrogens with zero attached hydrogens (tertiary/aromatic N) is 2. The third-order valence-electron chi connectivity index (χ3n) is 3.78. The Morgan fingerprint density at radius 1 is 1.20 bits per heavy atom. The number of hydrogen-bond donors (Lipinski definition) is 0. The maximum atomic E-state index is 12.6. The molecule has 0 unspecified atom stereocenters. The molecule has 2 aromatic rings. The van der Waals surface area contributed by atoms with Crippen LogP contribution in [0.15, 0.2) is 36.5 Å². The third kappa shape index (κ3) is 3.67. The van der Waals surface area contributed by atoms with Crippen LogP contribution in [0.4, 0.5) is 13.2 Å². The van der Waals surface area contributed by atoms with Gasteiger partial charge in [-0.1, -0.05) is 6.07 Å². The molecular weight excluding hydrogens is 337 g/mol. The van der Waals surface area contributed by atoms with Gasteiger partial charge in [-0.25, -0.2) is 0 Å². The number of aromatic nitrogens is 1. The first-order valence-electron chi connectivity index (χ1n) is 7.59. The second-order valence-electron chi connectivity index (χ2n) is 5.44. The molecule has 0 atom stereocenters. The summed E-state index contributed by atoms with van der Waals surface area (Å²) in [6.45, 7) is 2.65. The molecule has 1 aromatic carbocycles. The van der Waals surface area contributed by atoms with Gasteiger partial charge in [0, 0.05) is 19.3 Å². The molecule has 0 bridgehead atoms. The zero-order chi connectivity index (χ0) is 18.0. The lowest BCUT2D eigenvalue weighted by atomic mass is 10.1. The number of ether oxygens (including phenoxy) is 2. The zero-order valence-corrected chi connectivity index (χ0v) is 13.3. The van der Waals surface area contributed by atoms with Crippen LogP contribution in [0.1, 0.15) is 28.5 Å². The van der Waals surface area contributed by atoms with Crippen molar-refractivity contribution in [3.05, 3.63) is 53.3 Å². The lowest BCUT2D eigenvalue weighted by Gasteiger charge is -2.21. The molecule has 0 fully saturated rings. The van der Waals surface area contributed by atoms with Crippen molar-refractivity contribution in [2.24, 2.45) is 0 Å². The summed E-state index contributed by atoms with van der Waals surface area (Å²) in [6, 6.07) is 7.30. The van der Waals surface area contributed by atoms with E-state index in [4.69, 9.17) is 9.47 Å². The number of rotatable bonds is 4. The molecule has 0 saturated carbocycles. The average molecular weight is 352 g/mol. The number of carbonyl (C=O) groups is 1. The zero-order valence-electron chi connectivity index (χ0n) is 13.3. The largest absolute Gasteiger partial charge is 0.454 e. The van der Waals surface area contributed by atoms with E-state index in [0.717, 1.165) is 23.9 Å². The summed E-state index contributed by atoms with van der Waals surface area (Å²) >= 11 is 0. The third-order valence-corrected chi connectivity index (χ3v) is 3.78. The van der Waals surface area contributed by atoms with Gasteiger partial charge >= 0.3 is 6.18 Å². The van der Waals surface area contributed by atoms with Crippen LogP contribution < -0.4 is 9.47 Å². The summed E-state index contributed by atoms with van der Waals surface area (Å²) in [5.41, 5.74) is -0.0854. The van der Waals surface area contributed by atoms with Gasteiger partial charge in [-0.05, 0) is 36.8 Å². The lowest BCUT2D eigenvalue weighted by molar-refractivity contribution is -0.141. The van der Waals surface area contributed by atoms with Gasteiger partial charge in [-0.3, -0.25) is 9.78 Å². The summed E-state index contributed by atoms with van der Waals surface area (Å²) in [5.74, 6) is 0.864. The van der Waals surface area contributed by atoms with Crippen molar-refractivity contribution >= 4 is 5.91 Å². The number of alkyl halides is 3. The highest BCUT2D eigenvalue weighted by Crippen LogP contribution is 2.33. The van der Waals surface area contributed by atoms with Gasteiger partial charge in [0.2, 0.25) is 6.79 Å². The number of amides is 1. The van der Waals surface area contributed by atoms with E-state index in [1.54, 1.807) is 19.1 Å². The maximum Gasteiger partial charge on any atom is 0.433 e. The van der Waals surface area contributed by atoms with Gasteiger partial charge in [0.25, 0.3) is 5.91 Å². The van der Waals surface area contributed by atoms with Gasteiger partial charge in [-0.2, -0.15) is 13.2 Å². The van der Waals surface area contributed by atoms with Crippen LogP contribution in [-0.4, -0.2) is 29.1 Å². The highest BCUT2D eigenvalue weighted by molar-refractivity contribution is 5.93. The second-order valence-corrected chi connectivity index (χ2v) is 5.44. The van der Waals surface area contributed by atoms with Gasteiger partial charge in [0.15, 0.2) is 11.5 Å². The molecule has 8 heteroatoms. The molecular formula is C17H15F3N2O3. The van der Waals surface area contributed by atoms with E-state index in [9.17, 15) is 18.0 Å². The maximum absolute atomic E-state index is 12.6. The molecule has 132 valence electrons. The Morgan fingerprint density at radius 2 is 1.96 bits per heavy atom. The van der Waals surface area contributed by atoms with Crippen molar-refractivity contribution in [2.45, 2.75) is 19.6 Å². The van der Waals surface area contributed by atoms with Gasteiger partial charge < -0.3 is 14.4 Å². The Morgan fingerprint density at radius 3 is 2.60 bits per heavy atom. The first-order valence-corrected chi connectivity index (χ1v) is 7.59. The Bertz CT molecular complexity index is 776. The Hall–Kier alpha value is -2.77. The predicted molar refractivity (Wildman–Crippen MR) is 82.2 cm³/mol. The molecule has 1 aliphatic rings. The van der Waals surface area contributed by atoms with Crippen molar-refractivity contribution in [3.63, 3.8) is 0 Å². The van der Waals surface area contributed by atoms with E-state index in [-0.39, 0.29) is 18.3 Å². The van der Waals surface area contributed by atoms with Crippen molar-refractivity contribution in [1.29, 1.82) is 0 Å². The molecule has 1 aliphatic heterocycles. The fourth-order valence-corrected chi connectivity index (χ4v) is 2.46. The lowest BCUT2D eigenvalue weighted by Crippen LogP contribution is -2.30. The Kier molecular flexibility index (Phi) is 4.52. The summed E-state index contributed by atoms with van der Waals surface area (Å²) in [7, 11) is 0. The highest BCUT2D eigenvalue weighted by atomic mass is 19.4. The first kappa shape index (κ1) is 17.1. The summed E-state index contributed by atoms with van der Waals surface area (Å²) < 4.78 is 48.2. The van der Waals surface area contributed by atoms with Gasteiger partial charge in [0.1, 0.15) is 5.69 Å². The van der Waals surface area contributed by atoms with Crippen LogP contribution in [0.25, 0.3) is 0 Å². The molecule has 0 radical (unpaired) electrons. The quantitative estimate of drug-likeness (QED) is 0.845. The Labute approximate surface area is 142 Å². The highest BCUT2D eigenvalue weighted by Gasteiger charge is 2.32. The molecule has 1 amide bonds. The average Bonchev–Trinajstić information content (AvgIpc) is 3.06. The van der Waals surface area contributed by atoms with E-state index in [1.165, 1.54) is 4.90 Å². The monoisotopic (exact) mass is 352 g/mol. The summed E-state index contributed by atoms with van der Waals surface area (Å²) in [5, 5.41) is 0. The smallest absolute Gasteiger partial charge is 0.433 e. The van der Waals surface area contributed by atoms with Crippen LogP contribution in [0.3, 0.4) is 0 Å². The molecule has 3 rings (SSSR count). The number of carbonyl (C=O) groups excluding carboxylic acids is 1. The second kappa shape index (κ2) is 6.62. The van der Waals surface area contributed by atoms with Crippen LogP contribution in [0.2, 0.25) is 0 Å². The normalized spacial score (nSPS) is 13.0. The van der Waals surface area contributed by atoms with E-state index < -0.39 is 11.9 Å². The summed E-state index contributed by atoms with van der Waals surface area (Å²) in [6.07, 6.45) is -3.58. The molecule has 25 heavy (non-hydrogen) atoms. The standard InChI is InChI=1S/C17H15F3N2O3/c1-2-22(9-11-3-5-13-14(7-11)25-10-24-13)16(23)12-4-6-15(21-8-12)17(18,19)20/h3-8H,2,9-10H2,1H3. The van der Waals surface area contributed by atoms with Gasteiger partial charge in [-0.15, -0.1) is 0 Å². The van der Waals surface area contributed by atoms with E-state index >= 15 is 0 Å². The van der Waals surface area contributed by atoms with Crippen molar-refractivity contribution in [2.75, 3.05) is 13.3 Å². The fourth-order valence-electron chi connectivity index (χ4n) is 2.46. The van der Waals surface area contributed by atoms with Crippen LogP contribution >= 0.6 is 0 Å². The van der Waals surface area contributed by atoms with E-state index in [2.05, 4.69) is 4.98 Å². The minimum absolute atomic E-state index is 0.107. The van der Waals surface area contributed by atoms with E-state index in [0.29, 0.717) is 24.6 Å². The van der Waals surface area contributed by atoms with Gasteiger partial charge in [0.05, 0.1) is 5.56 Å². The molecule has 0 saturated heterocycles. The number of pyridine rings is 1. The van der Waals surface area contributed by atoms with Crippen LogP contribution in [0.5, 0.6) is 11.5 Å². The van der Waals surface area contributed by atoms with Crippen LogP contribution in [-0.2, 0) is 12.7 Å². The number of benzene rings is 1. The SMILES string of the molecule is CCN(Cc1ccc2c(c1)OCO2)C(=O)c1ccc(C(F)(F)F)nc1.